The summed E-state index contributed by atoms with van der Waals surface area (Å²) in [6.45, 7) is 5.99. The van der Waals surface area contributed by atoms with Crippen LogP contribution in [0, 0.1) is 0 Å². The Labute approximate surface area is 160 Å². The van der Waals surface area contributed by atoms with Gasteiger partial charge in [0.2, 0.25) is 5.91 Å². The van der Waals surface area contributed by atoms with E-state index in [1.807, 2.05) is 48.2 Å². The van der Waals surface area contributed by atoms with Crippen LogP contribution in [0.25, 0.3) is 0 Å². The molecule has 0 spiro atoms. The van der Waals surface area contributed by atoms with Crippen molar-refractivity contribution >= 4 is 23.4 Å². The largest absolute Gasteiger partial charge is 0.493 e. The fourth-order valence-corrected chi connectivity index (χ4v) is 3.88. The fourth-order valence-electron chi connectivity index (χ4n) is 3.05. The summed E-state index contributed by atoms with van der Waals surface area (Å²) < 4.78 is 5.69. The lowest BCUT2D eigenvalue weighted by Crippen LogP contribution is -2.50. The van der Waals surface area contributed by atoms with Gasteiger partial charge in [-0.1, -0.05) is 36.4 Å². The van der Waals surface area contributed by atoms with Gasteiger partial charge in [-0.25, -0.2) is 0 Å². The minimum Gasteiger partial charge on any atom is -0.493 e. The van der Waals surface area contributed by atoms with Crippen LogP contribution in [-0.4, -0.2) is 54.6 Å². The maximum absolute atomic E-state index is 12.7. The zero-order valence-corrected chi connectivity index (χ0v) is 16.0. The summed E-state index contributed by atoms with van der Waals surface area (Å²) in [5.74, 6) is 1.93. The zero-order chi connectivity index (χ0) is 18.2. The summed E-state index contributed by atoms with van der Waals surface area (Å²) in [7, 11) is 0. The maximum Gasteiger partial charge on any atom is 0.235 e. The molecule has 0 saturated carbocycles. The highest BCUT2D eigenvalue weighted by Gasteiger charge is 2.25. The first-order chi connectivity index (χ1) is 12.7. The molecule has 2 aromatic carbocycles. The van der Waals surface area contributed by atoms with Crippen LogP contribution in [0.5, 0.6) is 5.75 Å². The summed E-state index contributed by atoms with van der Waals surface area (Å²) in [6.07, 6.45) is 0. The quantitative estimate of drug-likeness (QED) is 0.698. The third kappa shape index (κ3) is 5.18. The lowest BCUT2D eigenvalue weighted by molar-refractivity contribution is -0.130. The minimum absolute atomic E-state index is 0.0300. The second-order valence-electron chi connectivity index (χ2n) is 6.32. The van der Waals surface area contributed by atoms with Crippen LogP contribution in [0.4, 0.5) is 5.69 Å². The smallest absolute Gasteiger partial charge is 0.235 e. The van der Waals surface area contributed by atoms with E-state index in [0.29, 0.717) is 6.61 Å². The first-order valence-electron chi connectivity index (χ1n) is 9.12. The Morgan fingerprint density at radius 3 is 2.27 bits per heavy atom. The topological polar surface area (TPSA) is 32.8 Å². The van der Waals surface area contributed by atoms with Gasteiger partial charge in [0.15, 0.2) is 0 Å². The van der Waals surface area contributed by atoms with Crippen LogP contribution in [0.15, 0.2) is 60.7 Å². The number of amides is 1. The van der Waals surface area contributed by atoms with Gasteiger partial charge in [0, 0.05) is 37.6 Å². The molecule has 3 rings (SSSR count). The van der Waals surface area contributed by atoms with E-state index in [2.05, 4.69) is 29.2 Å². The van der Waals surface area contributed by atoms with E-state index in [9.17, 15) is 4.79 Å². The summed E-state index contributed by atoms with van der Waals surface area (Å²) in [5, 5.41) is -0.0300. The molecule has 1 unspecified atom stereocenters. The molecule has 1 fully saturated rings. The molecule has 4 nitrogen and oxygen atoms in total. The average Bonchev–Trinajstić information content (AvgIpc) is 2.72. The minimum atomic E-state index is -0.0300. The Morgan fingerprint density at radius 1 is 1.00 bits per heavy atom. The van der Waals surface area contributed by atoms with E-state index in [1.54, 1.807) is 11.8 Å². The van der Waals surface area contributed by atoms with Gasteiger partial charge in [0.25, 0.3) is 0 Å². The molecular formula is C21H26N2O2S. The Hall–Kier alpha value is -2.14. The fraction of sp³-hybridized carbons (Fsp3) is 0.381. The molecule has 1 aliphatic rings. The highest BCUT2D eigenvalue weighted by atomic mass is 32.2. The summed E-state index contributed by atoms with van der Waals surface area (Å²) in [4.78, 5) is 17.0. The monoisotopic (exact) mass is 370 g/mol. The number of hydrogen-bond donors (Lipinski definition) is 0. The average molecular weight is 371 g/mol. The van der Waals surface area contributed by atoms with Gasteiger partial charge in [-0.2, -0.15) is 0 Å². The number of piperazine rings is 1. The lowest BCUT2D eigenvalue weighted by Gasteiger charge is -2.37. The Balaban J connectivity index is 1.37. The van der Waals surface area contributed by atoms with Crippen molar-refractivity contribution in [2.24, 2.45) is 0 Å². The van der Waals surface area contributed by atoms with Crippen molar-refractivity contribution in [2.45, 2.75) is 12.2 Å². The van der Waals surface area contributed by atoms with Gasteiger partial charge in [0.05, 0.1) is 11.9 Å². The molecular weight excluding hydrogens is 344 g/mol. The number of carbonyl (C=O) groups excluding carboxylic acids is 1. The van der Waals surface area contributed by atoms with E-state index in [1.165, 1.54) is 5.69 Å². The van der Waals surface area contributed by atoms with Gasteiger partial charge >= 0.3 is 0 Å². The van der Waals surface area contributed by atoms with E-state index in [0.717, 1.165) is 37.7 Å². The summed E-state index contributed by atoms with van der Waals surface area (Å²) >= 11 is 1.66. The van der Waals surface area contributed by atoms with Gasteiger partial charge in [-0.05, 0) is 31.2 Å². The first kappa shape index (κ1) is 18.6. The SMILES string of the molecule is CC(SCCOc1ccccc1)C(=O)N1CCN(c2ccccc2)CC1. The van der Waals surface area contributed by atoms with Crippen LogP contribution < -0.4 is 9.64 Å². The molecule has 0 N–H and O–H groups in total. The third-order valence-corrected chi connectivity index (χ3v) is 5.63. The molecule has 0 aromatic heterocycles. The molecule has 1 heterocycles. The lowest BCUT2D eigenvalue weighted by atomic mass is 10.2. The van der Waals surface area contributed by atoms with E-state index >= 15 is 0 Å². The number of benzene rings is 2. The predicted molar refractivity (Wildman–Crippen MR) is 109 cm³/mol. The standard InChI is InChI=1S/C21H26N2O2S/c1-18(26-17-16-25-20-10-6-3-7-11-20)21(24)23-14-12-22(13-15-23)19-8-4-2-5-9-19/h2-11,18H,12-17H2,1H3. The molecule has 1 saturated heterocycles. The number of anilines is 1. The van der Waals surface area contributed by atoms with Gasteiger partial charge in [-0.3, -0.25) is 4.79 Å². The zero-order valence-electron chi connectivity index (χ0n) is 15.2. The number of hydrogen-bond acceptors (Lipinski definition) is 4. The van der Waals surface area contributed by atoms with Gasteiger partial charge in [-0.15, -0.1) is 11.8 Å². The Bertz CT molecular complexity index is 673. The molecule has 5 heteroatoms. The summed E-state index contributed by atoms with van der Waals surface area (Å²) in [5.41, 5.74) is 1.24. The highest BCUT2D eigenvalue weighted by Crippen LogP contribution is 2.19. The second kappa shape index (κ2) is 9.53. The van der Waals surface area contributed by atoms with Crippen LogP contribution in [0.2, 0.25) is 0 Å². The molecule has 2 aromatic rings. The molecule has 0 bridgehead atoms. The number of carbonyl (C=O) groups is 1. The van der Waals surface area contributed by atoms with Crippen molar-refractivity contribution in [1.82, 2.24) is 4.90 Å². The van der Waals surface area contributed by atoms with Gasteiger partial charge < -0.3 is 14.5 Å². The van der Waals surface area contributed by atoms with Gasteiger partial charge in [0.1, 0.15) is 5.75 Å². The van der Waals surface area contributed by atoms with E-state index < -0.39 is 0 Å². The Kier molecular flexibility index (Phi) is 6.83. The predicted octanol–water partition coefficient (Wildman–Crippen LogP) is 3.54. The molecule has 0 radical (unpaired) electrons. The third-order valence-electron chi connectivity index (χ3n) is 4.52. The number of nitrogens with zero attached hydrogens (tertiary/aromatic N) is 2. The number of rotatable bonds is 7. The van der Waals surface area contributed by atoms with Crippen molar-refractivity contribution in [3.63, 3.8) is 0 Å². The molecule has 26 heavy (non-hydrogen) atoms. The summed E-state index contributed by atoms with van der Waals surface area (Å²) in [6, 6.07) is 20.2. The van der Waals surface area contributed by atoms with Crippen molar-refractivity contribution in [2.75, 3.05) is 43.4 Å². The second-order valence-corrected chi connectivity index (χ2v) is 7.77. The van der Waals surface area contributed by atoms with Crippen molar-refractivity contribution < 1.29 is 9.53 Å². The molecule has 1 aliphatic heterocycles. The van der Waals surface area contributed by atoms with E-state index in [-0.39, 0.29) is 11.2 Å². The van der Waals surface area contributed by atoms with Crippen LogP contribution in [0.1, 0.15) is 6.92 Å². The molecule has 1 atom stereocenters. The molecule has 138 valence electrons. The molecule has 0 aliphatic carbocycles. The van der Waals surface area contributed by atoms with Crippen molar-refractivity contribution in [1.29, 1.82) is 0 Å². The number of thioether (sulfide) groups is 1. The van der Waals surface area contributed by atoms with Crippen LogP contribution >= 0.6 is 11.8 Å². The normalized spacial score (nSPS) is 15.6. The van der Waals surface area contributed by atoms with Crippen LogP contribution in [0.3, 0.4) is 0 Å². The number of para-hydroxylation sites is 2. The number of ether oxygens (including phenoxy) is 1. The highest BCUT2D eigenvalue weighted by molar-refractivity contribution is 8.00. The maximum atomic E-state index is 12.7. The first-order valence-corrected chi connectivity index (χ1v) is 10.2. The van der Waals surface area contributed by atoms with E-state index in [4.69, 9.17) is 4.74 Å². The Morgan fingerprint density at radius 2 is 1.62 bits per heavy atom. The van der Waals surface area contributed by atoms with Crippen molar-refractivity contribution in [3.8, 4) is 5.75 Å². The molecule has 1 amide bonds. The van der Waals surface area contributed by atoms with Crippen molar-refractivity contribution in [3.05, 3.63) is 60.7 Å². The van der Waals surface area contributed by atoms with Crippen LogP contribution in [-0.2, 0) is 4.79 Å².